The first-order valence-electron chi connectivity index (χ1n) is 8.23. The van der Waals surface area contributed by atoms with Crippen molar-refractivity contribution in [2.75, 3.05) is 11.6 Å². The molecule has 24 heavy (non-hydrogen) atoms. The smallest absolute Gasteiger partial charge is 0.251 e. The molecule has 1 amide bonds. The van der Waals surface area contributed by atoms with Crippen molar-refractivity contribution in [1.82, 2.24) is 5.32 Å². The van der Waals surface area contributed by atoms with E-state index >= 15 is 0 Å². The molecule has 1 aliphatic rings. The lowest BCUT2D eigenvalue weighted by Gasteiger charge is -2.16. The predicted molar refractivity (Wildman–Crippen MR) is 101 cm³/mol. The Hall–Kier alpha value is -2.14. The lowest BCUT2D eigenvalue weighted by Crippen LogP contribution is -2.26. The highest BCUT2D eigenvalue weighted by atomic mass is 32.1. The van der Waals surface area contributed by atoms with Gasteiger partial charge in [0.15, 0.2) is 0 Å². The molecule has 2 heterocycles. The van der Waals surface area contributed by atoms with Crippen LogP contribution < -0.4 is 10.3 Å². The molecule has 4 nitrogen and oxygen atoms in total. The minimum Gasteiger partial charge on any atom is -0.345 e. The Morgan fingerprint density at radius 2 is 1.96 bits per heavy atom. The Balaban J connectivity index is 1.68. The zero-order valence-electron chi connectivity index (χ0n) is 14.6. The summed E-state index contributed by atoms with van der Waals surface area (Å²) in [6.07, 6.45) is 0.999. The fraction of sp³-hybridized carbons (Fsp3) is 0.368. The molecule has 1 aliphatic heterocycles. The number of hydrogen-bond donors (Lipinski definition) is 1. The second kappa shape index (κ2) is 6.77. The van der Waals surface area contributed by atoms with Gasteiger partial charge >= 0.3 is 0 Å². The number of nitrogens with zero attached hydrogens (tertiary/aromatic N) is 2. The van der Waals surface area contributed by atoms with Gasteiger partial charge in [0.2, 0.25) is 0 Å². The third-order valence-corrected chi connectivity index (χ3v) is 5.28. The molecular weight excluding hydrogens is 318 g/mol. The number of benzene rings is 1. The maximum absolute atomic E-state index is 12.5. The summed E-state index contributed by atoms with van der Waals surface area (Å²) in [6, 6.07) is 9.82. The standard InChI is InChI=1S/C19H23N3OS/c1-12-9-10-22(21-12)17-7-5-16(6-8-17)19(23)20-14(3)18-11-13(2)24-15(18)4/h5-8,11,14H,9-10H2,1-4H3,(H,20,23)/t14-/m0/s1. The molecular formula is C19H23N3OS. The summed E-state index contributed by atoms with van der Waals surface area (Å²) in [5.41, 5.74) is 4.05. The summed E-state index contributed by atoms with van der Waals surface area (Å²) in [6.45, 7) is 9.17. The van der Waals surface area contributed by atoms with E-state index in [4.69, 9.17) is 0 Å². The Kier molecular flexibility index (Phi) is 4.71. The van der Waals surface area contributed by atoms with E-state index in [1.54, 1.807) is 11.3 Å². The third kappa shape index (κ3) is 3.51. The number of hydrogen-bond acceptors (Lipinski definition) is 4. The van der Waals surface area contributed by atoms with Gasteiger partial charge in [-0.15, -0.1) is 11.3 Å². The zero-order valence-corrected chi connectivity index (χ0v) is 15.4. The van der Waals surface area contributed by atoms with E-state index < -0.39 is 0 Å². The molecule has 1 N–H and O–H groups in total. The normalized spacial score (nSPS) is 15.3. The molecule has 126 valence electrons. The van der Waals surface area contributed by atoms with E-state index in [1.807, 2.05) is 43.1 Å². The van der Waals surface area contributed by atoms with Gasteiger partial charge < -0.3 is 5.32 Å². The van der Waals surface area contributed by atoms with E-state index in [2.05, 4.69) is 30.3 Å². The molecule has 3 rings (SSSR count). The topological polar surface area (TPSA) is 44.7 Å². The number of aryl methyl sites for hydroxylation is 2. The number of carbonyl (C=O) groups excluding carboxylic acids is 1. The fourth-order valence-corrected chi connectivity index (χ4v) is 4.01. The highest BCUT2D eigenvalue weighted by Crippen LogP contribution is 2.26. The average molecular weight is 341 g/mol. The molecule has 0 saturated carbocycles. The van der Waals surface area contributed by atoms with Crippen LogP contribution in [0.25, 0.3) is 0 Å². The van der Waals surface area contributed by atoms with Crippen molar-refractivity contribution in [3.05, 3.63) is 51.2 Å². The van der Waals surface area contributed by atoms with Crippen molar-refractivity contribution in [1.29, 1.82) is 0 Å². The summed E-state index contributed by atoms with van der Waals surface area (Å²) in [7, 11) is 0. The maximum Gasteiger partial charge on any atom is 0.251 e. The lowest BCUT2D eigenvalue weighted by atomic mass is 10.1. The molecule has 2 aromatic rings. The van der Waals surface area contributed by atoms with Crippen LogP contribution in [-0.2, 0) is 0 Å². The Morgan fingerprint density at radius 3 is 2.50 bits per heavy atom. The van der Waals surface area contributed by atoms with Crippen LogP contribution in [0.1, 0.15) is 52.0 Å². The second-order valence-electron chi connectivity index (χ2n) is 6.32. The fourth-order valence-electron chi connectivity index (χ4n) is 2.98. The maximum atomic E-state index is 12.5. The SMILES string of the molecule is CC1=NN(c2ccc(C(=O)N[C@@H](C)c3cc(C)sc3C)cc2)CC1. The van der Waals surface area contributed by atoms with E-state index in [-0.39, 0.29) is 11.9 Å². The zero-order chi connectivity index (χ0) is 17.3. The van der Waals surface area contributed by atoms with E-state index in [0.717, 1.165) is 24.4 Å². The average Bonchev–Trinajstić information content (AvgIpc) is 3.12. The van der Waals surface area contributed by atoms with Crippen molar-refractivity contribution >= 4 is 28.6 Å². The number of thiophene rings is 1. The van der Waals surface area contributed by atoms with Gasteiger partial charge in [-0.3, -0.25) is 9.80 Å². The second-order valence-corrected chi connectivity index (χ2v) is 7.78. The van der Waals surface area contributed by atoms with Crippen molar-refractivity contribution in [2.24, 2.45) is 5.10 Å². The van der Waals surface area contributed by atoms with Crippen LogP contribution in [0.5, 0.6) is 0 Å². The first-order chi connectivity index (χ1) is 11.4. The van der Waals surface area contributed by atoms with Gasteiger partial charge in [-0.25, -0.2) is 0 Å². The van der Waals surface area contributed by atoms with Crippen LogP contribution in [0.15, 0.2) is 35.4 Å². The van der Waals surface area contributed by atoms with Gasteiger partial charge in [0.05, 0.1) is 11.7 Å². The lowest BCUT2D eigenvalue weighted by molar-refractivity contribution is 0.0940. The van der Waals surface area contributed by atoms with Crippen molar-refractivity contribution < 1.29 is 4.79 Å². The number of hydrazone groups is 1. The Morgan fingerprint density at radius 1 is 1.25 bits per heavy atom. The van der Waals surface area contributed by atoms with E-state index in [1.165, 1.54) is 15.3 Å². The molecule has 0 saturated heterocycles. The van der Waals surface area contributed by atoms with Crippen molar-refractivity contribution in [3.8, 4) is 0 Å². The number of rotatable bonds is 4. The summed E-state index contributed by atoms with van der Waals surface area (Å²) in [5, 5.41) is 9.56. The molecule has 0 bridgehead atoms. The molecule has 0 spiro atoms. The summed E-state index contributed by atoms with van der Waals surface area (Å²) < 4.78 is 0. The van der Waals surface area contributed by atoms with Gasteiger partial charge in [-0.05, 0) is 63.6 Å². The molecule has 1 aromatic heterocycles. The van der Waals surface area contributed by atoms with Gasteiger partial charge in [0.1, 0.15) is 0 Å². The van der Waals surface area contributed by atoms with E-state index in [9.17, 15) is 4.79 Å². The molecule has 1 aromatic carbocycles. The van der Waals surface area contributed by atoms with Gasteiger partial charge in [-0.2, -0.15) is 5.10 Å². The minimum absolute atomic E-state index is 0.00737. The minimum atomic E-state index is -0.0431. The van der Waals surface area contributed by atoms with Crippen molar-refractivity contribution in [3.63, 3.8) is 0 Å². The van der Waals surface area contributed by atoms with Crippen LogP contribution in [0.2, 0.25) is 0 Å². The number of nitrogens with one attached hydrogen (secondary N) is 1. The van der Waals surface area contributed by atoms with Gasteiger partial charge in [-0.1, -0.05) is 0 Å². The van der Waals surface area contributed by atoms with Gasteiger partial charge in [0.25, 0.3) is 5.91 Å². The third-order valence-electron chi connectivity index (χ3n) is 4.30. The van der Waals surface area contributed by atoms with Crippen LogP contribution in [0, 0.1) is 13.8 Å². The summed E-state index contributed by atoms with van der Waals surface area (Å²) >= 11 is 1.77. The number of amides is 1. The number of carbonyl (C=O) groups is 1. The Labute approximate surface area is 147 Å². The summed E-state index contributed by atoms with van der Waals surface area (Å²) in [4.78, 5) is 15.0. The molecule has 0 aliphatic carbocycles. The number of anilines is 1. The first kappa shape index (κ1) is 16.7. The van der Waals surface area contributed by atoms with Crippen LogP contribution >= 0.6 is 11.3 Å². The molecule has 0 radical (unpaired) electrons. The van der Waals surface area contributed by atoms with Gasteiger partial charge in [0, 0.05) is 34.0 Å². The predicted octanol–water partition coefficient (Wildman–Crippen LogP) is 4.44. The highest BCUT2D eigenvalue weighted by Gasteiger charge is 2.16. The van der Waals surface area contributed by atoms with Crippen molar-refractivity contribution in [2.45, 2.75) is 40.2 Å². The van der Waals surface area contributed by atoms with Crippen LogP contribution in [-0.4, -0.2) is 18.2 Å². The monoisotopic (exact) mass is 341 g/mol. The van der Waals surface area contributed by atoms with E-state index in [0.29, 0.717) is 5.56 Å². The summed E-state index contributed by atoms with van der Waals surface area (Å²) in [5.74, 6) is -0.0431. The van der Waals surface area contributed by atoms with Crippen LogP contribution in [0.4, 0.5) is 5.69 Å². The molecule has 1 atom stereocenters. The quantitative estimate of drug-likeness (QED) is 0.893. The highest BCUT2D eigenvalue weighted by molar-refractivity contribution is 7.12. The molecule has 0 fully saturated rings. The first-order valence-corrected chi connectivity index (χ1v) is 9.05. The molecule has 5 heteroatoms. The van der Waals surface area contributed by atoms with Crippen LogP contribution in [0.3, 0.4) is 0 Å². The Bertz CT molecular complexity index is 776. The largest absolute Gasteiger partial charge is 0.345 e. The molecule has 0 unspecified atom stereocenters.